The number of aromatic nitrogens is 3. The first-order chi connectivity index (χ1) is 12.7. The summed E-state index contributed by atoms with van der Waals surface area (Å²) in [5.74, 6) is 1.86. The van der Waals surface area contributed by atoms with Gasteiger partial charge < -0.3 is 9.84 Å². The van der Waals surface area contributed by atoms with Crippen LogP contribution in [0.1, 0.15) is 17.0 Å². The van der Waals surface area contributed by atoms with Gasteiger partial charge in [0.2, 0.25) is 0 Å². The van der Waals surface area contributed by atoms with Crippen LogP contribution in [-0.4, -0.2) is 39.7 Å². The van der Waals surface area contributed by atoms with Crippen molar-refractivity contribution in [3.63, 3.8) is 0 Å². The lowest BCUT2D eigenvalue weighted by atomic mass is 10.00. The number of fused-ring (bicyclic) bond motifs is 1. The van der Waals surface area contributed by atoms with E-state index in [0.717, 1.165) is 49.0 Å². The highest BCUT2D eigenvalue weighted by Crippen LogP contribution is 2.26. The normalized spacial score (nSPS) is 14.2. The number of anilines is 1. The number of aryl methyl sites for hydroxylation is 1. The summed E-state index contributed by atoms with van der Waals surface area (Å²) < 4.78 is 5.27. The molecule has 7 heteroatoms. The number of hydrogen-bond acceptors (Lipinski definition) is 6. The molecule has 0 aliphatic carbocycles. The largest absolute Gasteiger partial charge is 0.368 e. The number of rotatable bonds is 5. The maximum absolute atomic E-state index is 6.29. The first kappa shape index (κ1) is 17.0. The molecule has 1 aliphatic heterocycles. The van der Waals surface area contributed by atoms with Crippen LogP contribution in [0.2, 0.25) is 5.02 Å². The number of pyridine rings is 1. The summed E-state index contributed by atoms with van der Waals surface area (Å²) in [6, 6.07) is 9.96. The van der Waals surface area contributed by atoms with Gasteiger partial charge in [0.15, 0.2) is 5.82 Å². The van der Waals surface area contributed by atoms with Crippen LogP contribution in [0.5, 0.6) is 0 Å². The first-order valence-electron chi connectivity index (χ1n) is 8.69. The minimum atomic E-state index is 0.486. The van der Waals surface area contributed by atoms with Gasteiger partial charge in [0.1, 0.15) is 5.82 Å². The zero-order valence-corrected chi connectivity index (χ0v) is 15.3. The van der Waals surface area contributed by atoms with Crippen molar-refractivity contribution < 1.29 is 4.52 Å². The third-order valence-electron chi connectivity index (χ3n) is 4.57. The second-order valence-electron chi connectivity index (χ2n) is 6.38. The summed E-state index contributed by atoms with van der Waals surface area (Å²) in [5, 5.41) is 8.14. The van der Waals surface area contributed by atoms with E-state index in [0.29, 0.717) is 11.7 Å². The van der Waals surface area contributed by atoms with Gasteiger partial charge in [-0.3, -0.25) is 4.90 Å². The fourth-order valence-corrected chi connectivity index (χ4v) is 3.56. The Morgan fingerprint density at radius 3 is 3.04 bits per heavy atom. The molecule has 0 fully saturated rings. The average Bonchev–Trinajstić information content (AvgIpc) is 3.08. The van der Waals surface area contributed by atoms with Crippen molar-refractivity contribution in [3.05, 3.63) is 58.5 Å². The maximum atomic E-state index is 6.29. The number of hydrogen-bond donors (Lipinski definition) is 1. The van der Waals surface area contributed by atoms with Crippen molar-refractivity contribution in [2.75, 3.05) is 25.0 Å². The van der Waals surface area contributed by atoms with E-state index in [4.69, 9.17) is 16.1 Å². The molecule has 0 spiro atoms. The molecule has 3 aromatic rings. The number of halogens is 1. The van der Waals surface area contributed by atoms with E-state index in [-0.39, 0.29) is 0 Å². The van der Waals surface area contributed by atoms with Gasteiger partial charge in [-0.1, -0.05) is 28.9 Å². The fraction of sp³-hybridized carbons (Fsp3) is 0.316. The van der Waals surface area contributed by atoms with Gasteiger partial charge in [-0.25, -0.2) is 4.98 Å². The highest BCUT2D eigenvalue weighted by atomic mass is 35.5. The van der Waals surface area contributed by atoms with Crippen LogP contribution < -0.4 is 5.32 Å². The van der Waals surface area contributed by atoms with Crippen LogP contribution in [0.25, 0.3) is 11.5 Å². The standard InChI is InChI=1S/C19H20ClN5O/c1-13-23-19(26-24-13)16-5-3-8-21-18(16)22-9-11-25-10-7-15-14(12-25)4-2-6-17(15)20/h2-6,8H,7,9-12H2,1H3,(H,21,22). The molecule has 26 heavy (non-hydrogen) atoms. The molecular formula is C19H20ClN5O. The summed E-state index contributed by atoms with van der Waals surface area (Å²) in [4.78, 5) is 11.1. The molecule has 6 nitrogen and oxygen atoms in total. The number of nitrogens with one attached hydrogen (secondary N) is 1. The van der Waals surface area contributed by atoms with Crippen molar-refractivity contribution in [2.24, 2.45) is 0 Å². The van der Waals surface area contributed by atoms with Gasteiger partial charge in [-0.15, -0.1) is 0 Å². The van der Waals surface area contributed by atoms with Crippen LogP contribution in [0.15, 0.2) is 41.1 Å². The Bertz CT molecular complexity index is 910. The Hall–Kier alpha value is -2.44. The predicted molar refractivity (Wildman–Crippen MR) is 101 cm³/mol. The Balaban J connectivity index is 1.39. The minimum absolute atomic E-state index is 0.486. The molecule has 2 aromatic heterocycles. The third kappa shape index (κ3) is 3.57. The lowest BCUT2D eigenvalue weighted by Crippen LogP contribution is -2.34. The SMILES string of the molecule is Cc1noc(-c2cccnc2NCCN2CCc3c(Cl)cccc3C2)n1. The van der Waals surface area contributed by atoms with E-state index in [1.807, 2.05) is 24.3 Å². The van der Waals surface area contributed by atoms with E-state index >= 15 is 0 Å². The second-order valence-corrected chi connectivity index (χ2v) is 6.78. The Morgan fingerprint density at radius 2 is 2.19 bits per heavy atom. The highest BCUT2D eigenvalue weighted by Gasteiger charge is 2.18. The van der Waals surface area contributed by atoms with Crippen LogP contribution in [-0.2, 0) is 13.0 Å². The van der Waals surface area contributed by atoms with E-state index in [9.17, 15) is 0 Å². The second kappa shape index (κ2) is 7.43. The van der Waals surface area contributed by atoms with Gasteiger partial charge in [-0.05, 0) is 42.7 Å². The molecule has 134 valence electrons. The molecule has 0 bridgehead atoms. The molecule has 0 saturated heterocycles. The monoisotopic (exact) mass is 369 g/mol. The Kier molecular flexibility index (Phi) is 4.86. The van der Waals surface area contributed by atoms with Gasteiger partial charge in [0.25, 0.3) is 5.89 Å². The van der Waals surface area contributed by atoms with Crippen molar-refractivity contribution in [1.29, 1.82) is 0 Å². The van der Waals surface area contributed by atoms with Crippen LogP contribution >= 0.6 is 11.6 Å². The minimum Gasteiger partial charge on any atom is -0.368 e. The van der Waals surface area contributed by atoms with Gasteiger partial charge in [0, 0.05) is 37.4 Å². The van der Waals surface area contributed by atoms with E-state index in [1.54, 1.807) is 13.1 Å². The topological polar surface area (TPSA) is 67.1 Å². The van der Waals surface area contributed by atoms with Crippen molar-refractivity contribution in [2.45, 2.75) is 19.9 Å². The molecule has 4 rings (SSSR count). The molecule has 1 aliphatic rings. The average molecular weight is 370 g/mol. The van der Waals surface area contributed by atoms with Gasteiger partial charge in [-0.2, -0.15) is 4.98 Å². The quantitative estimate of drug-likeness (QED) is 0.741. The van der Waals surface area contributed by atoms with Crippen LogP contribution in [0.3, 0.4) is 0 Å². The lowest BCUT2D eigenvalue weighted by molar-refractivity contribution is 0.264. The molecule has 0 unspecified atom stereocenters. The predicted octanol–water partition coefficient (Wildman–Crippen LogP) is 3.56. The zero-order chi connectivity index (χ0) is 17.9. The third-order valence-corrected chi connectivity index (χ3v) is 4.93. The molecule has 1 N–H and O–H groups in total. The van der Waals surface area contributed by atoms with Gasteiger partial charge in [0.05, 0.1) is 5.56 Å². The highest BCUT2D eigenvalue weighted by molar-refractivity contribution is 6.31. The number of nitrogens with zero attached hydrogens (tertiary/aromatic N) is 4. The molecule has 0 atom stereocenters. The van der Waals surface area contributed by atoms with Crippen molar-refractivity contribution in [3.8, 4) is 11.5 Å². The van der Waals surface area contributed by atoms with E-state index < -0.39 is 0 Å². The van der Waals surface area contributed by atoms with E-state index in [2.05, 4.69) is 31.4 Å². The molecule has 0 saturated carbocycles. The molecule has 0 radical (unpaired) electrons. The maximum Gasteiger partial charge on any atom is 0.261 e. The Labute approximate surface area is 157 Å². The van der Waals surface area contributed by atoms with Crippen LogP contribution in [0, 0.1) is 6.92 Å². The summed E-state index contributed by atoms with van der Waals surface area (Å²) in [6.07, 6.45) is 2.75. The van der Waals surface area contributed by atoms with Crippen LogP contribution in [0.4, 0.5) is 5.82 Å². The first-order valence-corrected chi connectivity index (χ1v) is 9.06. The fourth-order valence-electron chi connectivity index (χ4n) is 3.27. The van der Waals surface area contributed by atoms with Crippen molar-refractivity contribution >= 4 is 17.4 Å². The lowest BCUT2D eigenvalue weighted by Gasteiger charge is -2.29. The van der Waals surface area contributed by atoms with Crippen molar-refractivity contribution in [1.82, 2.24) is 20.0 Å². The Morgan fingerprint density at radius 1 is 1.27 bits per heavy atom. The van der Waals surface area contributed by atoms with E-state index in [1.165, 1.54) is 11.1 Å². The molecule has 0 amide bonds. The molecular weight excluding hydrogens is 350 g/mol. The molecule has 3 heterocycles. The summed E-state index contributed by atoms with van der Waals surface area (Å²) in [6.45, 7) is 5.45. The summed E-state index contributed by atoms with van der Waals surface area (Å²) in [7, 11) is 0. The zero-order valence-electron chi connectivity index (χ0n) is 14.6. The summed E-state index contributed by atoms with van der Waals surface area (Å²) >= 11 is 6.29. The molecule has 1 aromatic carbocycles. The summed E-state index contributed by atoms with van der Waals surface area (Å²) in [5.41, 5.74) is 3.43. The smallest absolute Gasteiger partial charge is 0.261 e. The van der Waals surface area contributed by atoms with Gasteiger partial charge >= 0.3 is 0 Å². The number of benzene rings is 1.